The molecule has 0 unspecified atom stereocenters. The minimum Gasteiger partial charge on any atom is -0.356 e. The molecule has 1 aliphatic heterocycles. The zero-order valence-electron chi connectivity index (χ0n) is 11.0. The third-order valence-corrected chi connectivity index (χ3v) is 3.93. The van der Waals surface area contributed by atoms with Gasteiger partial charge in [-0.15, -0.1) is 0 Å². The quantitative estimate of drug-likeness (QED) is 0.667. The van der Waals surface area contributed by atoms with E-state index >= 15 is 0 Å². The largest absolute Gasteiger partial charge is 0.356 e. The van der Waals surface area contributed by atoms with E-state index in [1.54, 1.807) is 11.8 Å². The first-order chi connectivity index (χ1) is 9.33. The zero-order chi connectivity index (χ0) is 13.2. The van der Waals surface area contributed by atoms with Crippen LogP contribution >= 0.6 is 11.8 Å². The second-order valence-electron chi connectivity index (χ2n) is 4.62. The summed E-state index contributed by atoms with van der Waals surface area (Å²) in [5, 5.41) is 6.23. The van der Waals surface area contributed by atoms with Crippen LogP contribution in [0.15, 0.2) is 11.4 Å². The van der Waals surface area contributed by atoms with Crippen LogP contribution in [0.25, 0.3) is 11.0 Å². The summed E-state index contributed by atoms with van der Waals surface area (Å²) in [7, 11) is 0. The van der Waals surface area contributed by atoms with Crippen molar-refractivity contribution in [2.24, 2.45) is 5.73 Å². The van der Waals surface area contributed by atoms with Gasteiger partial charge in [-0.1, -0.05) is 11.8 Å². The van der Waals surface area contributed by atoms with Crippen LogP contribution in [0.2, 0.25) is 0 Å². The molecule has 7 heteroatoms. The molecule has 0 aromatic carbocycles. The van der Waals surface area contributed by atoms with Crippen molar-refractivity contribution < 1.29 is 0 Å². The van der Waals surface area contributed by atoms with E-state index < -0.39 is 0 Å². The van der Waals surface area contributed by atoms with E-state index in [-0.39, 0.29) is 0 Å². The van der Waals surface area contributed by atoms with Gasteiger partial charge in [-0.2, -0.15) is 5.10 Å². The van der Waals surface area contributed by atoms with E-state index in [0.29, 0.717) is 13.1 Å². The normalized spacial score (nSPS) is 15.6. The standard InChI is InChI=1S/C12H18N6S/c1-19-12-15-10(17-5-2-3-6-17)9-8-14-18(7-4-13)11(9)16-12/h8H,2-7,13H2,1H3. The van der Waals surface area contributed by atoms with Crippen LogP contribution in [0.5, 0.6) is 0 Å². The van der Waals surface area contributed by atoms with E-state index in [0.717, 1.165) is 35.1 Å². The molecule has 0 saturated carbocycles. The lowest BCUT2D eigenvalue weighted by Crippen LogP contribution is -2.20. The fraction of sp³-hybridized carbons (Fsp3) is 0.583. The maximum Gasteiger partial charge on any atom is 0.191 e. The van der Waals surface area contributed by atoms with E-state index in [4.69, 9.17) is 5.73 Å². The Morgan fingerprint density at radius 1 is 1.32 bits per heavy atom. The van der Waals surface area contributed by atoms with Gasteiger partial charge in [0, 0.05) is 19.6 Å². The molecule has 2 aromatic heterocycles. The lowest BCUT2D eigenvalue weighted by molar-refractivity contribution is 0.637. The number of nitrogens with zero attached hydrogens (tertiary/aromatic N) is 5. The Kier molecular flexibility index (Phi) is 3.56. The van der Waals surface area contributed by atoms with Gasteiger partial charge in [0.05, 0.1) is 18.1 Å². The van der Waals surface area contributed by atoms with Crippen molar-refractivity contribution in [1.82, 2.24) is 19.7 Å². The Bertz CT molecular complexity index is 575. The summed E-state index contributed by atoms with van der Waals surface area (Å²) in [6.45, 7) is 3.40. The third-order valence-electron chi connectivity index (χ3n) is 3.38. The van der Waals surface area contributed by atoms with E-state index in [1.807, 2.05) is 17.1 Å². The average Bonchev–Trinajstić information content (AvgIpc) is 3.08. The summed E-state index contributed by atoms with van der Waals surface area (Å²) < 4.78 is 1.87. The van der Waals surface area contributed by atoms with Crippen LogP contribution in [0, 0.1) is 0 Å². The summed E-state index contributed by atoms with van der Waals surface area (Å²) in [6, 6.07) is 0. The van der Waals surface area contributed by atoms with Gasteiger partial charge >= 0.3 is 0 Å². The van der Waals surface area contributed by atoms with Gasteiger partial charge < -0.3 is 10.6 Å². The van der Waals surface area contributed by atoms with Gasteiger partial charge in [-0.3, -0.25) is 0 Å². The predicted molar refractivity (Wildman–Crippen MR) is 77.6 cm³/mol. The van der Waals surface area contributed by atoms with E-state index in [2.05, 4.69) is 20.0 Å². The topological polar surface area (TPSA) is 72.9 Å². The van der Waals surface area contributed by atoms with Crippen molar-refractivity contribution in [3.8, 4) is 0 Å². The Morgan fingerprint density at radius 3 is 2.79 bits per heavy atom. The minimum atomic E-state index is 0.564. The van der Waals surface area contributed by atoms with Crippen LogP contribution in [0.1, 0.15) is 12.8 Å². The fourth-order valence-corrected chi connectivity index (χ4v) is 2.82. The van der Waals surface area contributed by atoms with Crippen molar-refractivity contribution in [3.63, 3.8) is 0 Å². The van der Waals surface area contributed by atoms with Crippen molar-refractivity contribution in [2.45, 2.75) is 24.5 Å². The summed E-state index contributed by atoms with van der Waals surface area (Å²) in [5.41, 5.74) is 6.52. The minimum absolute atomic E-state index is 0.564. The second-order valence-corrected chi connectivity index (χ2v) is 5.40. The second kappa shape index (κ2) is 5.34. The molecule has 0 atom stereocenters. The van der Waals surface area contributed by atoms with Crippen molar-refractivity contribution in [3.05, 3.63) is 6.20 Å². The molecule has 1 aliphatic rings. The summed E-state index contributed by atoms with van der Waals surface area (Å²) in [5.74, 6) is 1.02. The number of hydrogen-bond acceptors (Lipinski definition) is 6. The number of rotatable bonds is 4. The molecule has 1 fully saturated rings. The SMILES string of the molecule is CSc1nc(N2CCCC2)c2cnn(CCN)c2n1. The molecule has 2 aromatic rings. The average molecular weight is 278 g/mol. The maximum atomic E-state index is 5.62. The number of thioether (sulfide) groups is 1. The molecule has 6 nitrogen and oxygen atoms in total. The van der Waals surface area contributed by atoms with Crippen molar-refractivity contribution in [1.29, 1.82) is 0 Å². The fourth-order valence-electron chi connectivity index (χ4n) is 2.47. The molecule has 0 radical (unpaired) electrons. The van der Waals surface area contributed by atoms with Gasteiger partial charge in [-0.25, -0.2) is 14.6 Å². The molecule has 0 aliphatic carbocycles. The summed E-state index contributed by atoms with van der Waals surface area (Å²) in [4.78, 5) is 11.6. The number of nitrogens with two attached hydrogens (primary N) is 1. The number of fused-ring (bicyclic) bond motifs is 1. The van der Waals surface area contributed by atoms with Crippen molar-refractivity contribution in [2.75, 3.05) is 30.8 Å². The molecule has 0 spiro atoms. The van der Waals surface area contributed by atoms with E-state index in [9.17, 15) is 0 Å². The van der Waals surface area contributed by atoms with Gasteiger partial charge in [-0.05, 0) is 19.1 Å². The highest BCUT2D eigenvalue weighted by atomic mass is 32.2. The van der Waals surface area contributed by atoms with Crippen LogP contribution in [-0.2, 0) is 6.54 Å². The predicted octanol–water partition coefficient (Wildman–Crippen LogP) is 1.11. The van der Waals surface area contributed by atoms with Gasteiger partial charge in [0.15, 0.2) is 10.8 Å². The Hall–Kier alpha value is -1.34. The monoisotopic (exact) mass is 278 g/mol. The molecule has 0 bridgehead atoms. The Labute approximate surface area is 116 Å². The molecular weight excluding hydrogens is 260 g/mol. The first kappa shape index (κ1) is 12.7. The highest BCUT2D eigenvalue weighted by Crippen LogP contribution is 2.28. The summed E-state index contributed by atoms with van der Waals surface area (Å²) in [6.07, 6.45) is 6.33. The first-order valence-electron chi connectivity index (χ1n) is 6.56. The molecule has 19 heavy (non-hydrogen) atoms. The van der Waals surface area contributed by atoms with Crippen molar-refractivity contribution >= 4 is 28.6 Å². The first-order valence-corrected chi connectivity index (χ1v) is 7.78. The molecular formula is C12H18N6S. The molecule has 1 saturated heterocycles. The smallest absolute Gasteiger partial charge is 0.191 e. The third kappa shape index (κ3) is 2.28. The van der Waals surface area contributed by atoms with Gasteiger partial charge in [0.2, 0.25) is 0 Å². The molecule has 2 N–H and O–H groups in total. The molecule has 3 rings (SSSR count). The van der Waals surface area contributed by atoms with Crippen LogP contribution in [-0.4, -0.2) is 45.6 Å². The molecule has 102 valence electrons. The lowest BCUT2D eigenvalue weighted by atomic mass is 10.3. The number of hydrogen-bond donors (Lipinski definition) is 1. The van der Waals surface area contributed by atoms with Gasteiger partial charge in [0.25, 0.3) is 0 Å². The highest BCUT2D eigenvalue weighted by Gasteiger charge is 2.20. The lowest BCUT2D eigenvalue weighted by Gasteiger charge is -2.17. The highest BCUT2D eigenvalue weighted by molar-refractivity contribution is 7.98. The number of aromatic nitrogens is 4. The van der Waals surface area contributed by atoms with Crippen LogP contribution < -0.4 is 10.6 Å². The summed E-state index contributed by atoms with van der Waals surface area (Å²) >= 11 is 1.57. The maximum absolute atomic E-state index is 5.62. The van der Waals surface area contributed by atoms with Crippen LogP contribution in [0.3, 0.4) is 0 Å². The zero-order valence-corrected chi connectivity index (χ0v) is 11.9. The molecule has 3 heterocycles. The molecule has 0 amide bonds. The Morgan fingerprint density at radius 2 is 2.11 bits per heavy atom. The Balaban J connectivity index is 2.13. The van der Waals surface area contributed by atoms with Gasteiger partial charge in [0.1, 0.15) is 5.82 Å². The number of anilines is 1. The van der Waals surface area contributed by atoms with E-state index in [1.165, 1.54) is 12.8 Å². The van der Waals surface area contributed by atoms with Crippen LogP contribution in [0.4, 0.5) is 5.82 Å².